The van der Waals surface area contributed by atoms with Crippen molar-refractivity contribution in [2.75, 3.05) is 32.6 Å². The molecular weight excluding hydrogens is 318 g/mol. The molecule has 0 aliphatic heterocycles. The minimum atomic E-state index is -3.20. The molecule has 0 spiro atoms. The molecule has 0 aromatic heterocycles. The predicted octanol–water partition coefficient (Wildman–Crippen LogP) is 1.85. The van der Waals surface area contributed by atoms with Crippen LogP contribution in [-0.4, -0.2) is 41.0 Å². The van der Waals surface area contributed by atoms with E-state index >= 15 is 0 Å². The molecule has 1 rings (SSSR count). The van der Waals surface area contributed by atoms with E-state index < -0.39 is 9.84 Å². The molecule has 0 saturated carbocycles. The molecule has 6 heteroatoms. The van der Waals surface area contributed by atoms with E-state index in [0.717, 1.165) is 6.54 Å². The molecule has 0 atom stereocenters. The number of rotatable bonds is 8. The topological polar surface area (TPSA) is 55.4 Å². The van der Waals surface area contributed by atoms with Crippen molar-refractivity contribution in [1.82, 2.24) is 5.32 Å². The van der Waals surface area contributed by atoms with Crippen LogP contribution in [0, 0.1) is 0 Å². The quantitative estimate of drug-likeness (QED) is 0.736. The molecule has 0 aliphatic rings. The van der Waals surface area contributed by atoms with Crippen LogP contribution in [0.15, 0.2) is 33.6 Å². The van der Waals surface area contributed by atoms with Gasteiger partial charge in [0.1, 0.15) is 0 Å². The van der Waals surface area contributed by atoms with Gasteiger partial charge in [0.05, 0.1) is 17.3 Å². The van der Waals surface area contributed by atoms with E-state index in [1.807, 2.05) is 0 Å². The van der Waals surface area contributed by atoms with Crippen molar-refractivity contribution < 1.29 is 13.2 Å². The number of hydrogen-bond acceptors (Lipinski definition) is 4. The summed E-state index contributed by atoms with van der Waals surface area (Å²) >= 11 is 3.26. The average molecular weight is 336 g/mol. The Morgan fingerprint density at radius 1 is 1.28 bits per heavy atom. The summed E-state index contributed by atoms with van der Waals surface area (Å²) in [5.41, 5.74) is 0. The van der Waals surface area contributed by atoms with E-state index in [1.54, 1.807) is 31.4 Å². The van der Waals surface area contributed by atoms with Gasteiger partial charge in [0.2, 0.25) is 0 Å². The van der Waals surface area contributed by atoms with Gasteiger partial charge in [0.25, 0.3) is 0 Å². The second kappa shape index (κ2) is 7.89. The Bertz CT molecular complexity index is 462. The lowest BCUT2D eigenvalue weighted by Gasteiger charge is -2.07. The Morgan fingerprint density at radius 3 is 2.67 bits per heavy atom. The molecule has 0 saturated heterocycles. The predicted molar refractivity (Wildman–Crippen MR) is 75.6 cm³/mol. The molecule has 4 nitrogen and oxygen atoms in total. The molecule has 18 heavy (non-hydrogen) atoms. The molecule has 0 heterocycles. The number of sulfone groups is 1. The Labute approximate surface area is 117 Å². The van der Waals surface area contributed by atoms with Gasteiger partial charge < -0.3 is 10.1 Å². The third kappa shape index (κ3) is 5.06. The minimum Gasteiger partial charge on any atom is -0.383 e. The maximum absolute atomic E-state index is 12.1. The zero-order valence-corrected chi connectivity index (χ0v) is 12.8. The third-order valence-corrected chi connectivity index (χ3v) is 5.23. The van der Waals surface area contributed by atoms with Crippen LogP contribution in [-0.2, 0) is 14.6 Å². The van der Waals surface area contributed by atoms with Crippen molar-refractivity contribution in [3.05, 3.63) is 28.7 Å². The summed E-state index contributed by atoms with van der Waals surface area (Å²) in [4.78, 5) is 0.363. The van der Waals surface area contributed by atoms with Crippen LogP contribution in [0.25, 0.3) is 0 Å². The lowest BCUT2D eigenvalue weighted by Crippen LogP contribution is -2.22. The standard InChI is InChI=1S/C12H18BrNO3S/c1-17-9-8-14-7-4-10-18(15,16)12-6-3-2-5-11(12)13/h2-3,5-6,14H,4,7-10H2,1H3. The monoisotopic (exact) mass is 335 g/mol. The highest BCUT2D eigenvalue weighted by molar-refractivity contribution is 9.10. The molecular formula is C12H18BrNO3S. The second-order valence-corrected chi connectivity index (χ2v) is 6.78. The molecule has 1 N–H and O–H groups in total. The summed E-state index contributed by atoms with van der Waals surface area (Å²) in [6, 6.07) is 6.89. The van der Waals surface area contributed by atoms with Crippen molar-refractivity contribution in [3.63, 3.8) is 0 Å². The number of ether oxygens (including phenoxy) is 1. The highest BCUT2D eigenvalue weighted by Gasteiger charge is 2.16. The Hall–Kier alpha value is -0.430. The number of methoxy groups -OCH3 is 1. The summed E-state index contributed by atoms with van der Waals surface area (Å²) in [5.74, 6) is 0.148. The molecule has 102 valence electrons. The maximum Gasteiger partial charge on any atom is 0.179 e. The number of benzene rings is 1. The van der Waals surface area contributed by atoms with Crippen LogP contribution >= 0.6 is 15.9 Å². The Kier molecular flexibility index (Phi) is 6.85. The first kappa shape index (κ1) is 15.6. The van der Waals surface area contributed by atoms with Crippen LogP contribution < -0.4 is 5.32 Å². The first-order chi connectivity index (χ1) is 8.58. The first-order valence-electron chi connectivity index (χ1n) is 5.75. The summed E-state index contributed by atoms with van der Waals surface area (Å²) in [6.45, 7) is 2.05. The van der Waals surface area contributed by atoms with Crippen molar-refractivity contribution in [2.45, 2.75) is 11.3 Å². The SMILES string of the molecule is COCCNCCCS(=O)(=O)c1ccccc1Br. The van der Waals surface area contributed by atoms with E-state index in [1.165, 1.54) is 0 Å². The van der Waals surface area contributed by atoms with E-state index in [4.69, 9.17) is 4.74 Å². The summed E-state index contributed by atoms with van der Waals surface area (Å²) in [6.07, 6.45) is 0.591. The molecule has 0 unspecified atom stereocenters. The van der Waals surface area contributed by atoms with Crippen molar-refractivity contribution in [2.24, 2.45) is 0 Å². The molecule has 1 aromatic rings. The lowest BCUT2D eigenvalue weighted by atomic mass is 10.4. The van der Waals surface area contributed by atoms with Crippen LogP contribution in [0.5, 0.6) is 0 Å². The van der Waals surface area contributed by atoms with E-state index in [9.17, 15) is 8.42 Å². The molecule has 1 aromatic carbocycles. The molecule has 0 radical (unpaired) electrons. The largest absolute Gasteiger partial charge is 0.383 e. The molecule has 0 fully saturated rings. The fraction of sp³-hybridized carbons (Fsp3) is 0.500. The van der Waals surface area contributed by atoms with Gasteiger partial charge in [-0.1, -0.05) is 12.1 Å². The summed E-state index contributed by atoms with van der Waals surface area (Å²) in [7, 11) is -1.56. The number of hydrogen-bond donors (Lipinski definition) is 1. The van der Waals surface area contributed by atoms with Gasteiger partial charge in [-0.05, 0) is 41.0 Å². The smallest absolute Gasteiger partial charge is 0.179 e. The van der Waals surface area contributed by atoms with Gasteiger partial charge in [-0.2, -0.15) is 0 Å². The fourth-order valence-electron chi connectivity index (χ4n) is 1.49. The average Bonchev–Trinajstić information content (AvgIpc) is 2.34. The van der Waals surface area contributed by atoms with Crippen molar-refractivity contribution in [1.29, 1.82) is 0 Å². The second-order valence-electron chi connectivity index (χ2n) is 3.85. The Morgan fingerprint density at radius 2 is 2.00 bits per heavy atom. The lowest BCUT2D eigenvalue weighted by molar-refractivity contribution is 0.199. The van der Waals surface area contributed by atoms with Gasteiger partial charge in [-0.25, -0.2) is 8.42 Å². The Balaban J connectivity index is 2.44. The molecule has 0 aliphatic carbocycles. The van der Waals surface area contributed by atoms with Crippen molar-refractivity contribution >= 4 is 25.8 Å². The van der Waals surface area contributed by atoms with E-state index in [-0.39, 0.29) is 5.75 Å². The highest BCUT2D eigenvalue weighted by Crippen LogP contribution is 2.22. The normalized spacial score (nSPS) is 11.7. The van der Waals surface area contributed by atoms with Gasteiger partial charge in [0.15, 0.2) is 9.84 Å². The maximum atomic E-state index is 12.1. The molecule has 0 amide bonds. The summed E-state index contributed by atoms with van der Waals surface area (Å²) < 4.78 is 29.6. The minimum absolute atomic E-state index is 0.148. The van der Waals surface area contributed by atoms with Crippen LogP contribution in [0.3, 0.4) is 0 Å². The van der Waals surface area contributed by atoms with Crippen molar-refractivity contribution in [3.8, 4) is 0 Å². The fourth-order valence-corrected chi connectivity index (χ4v) is 3.91. The number of halogens is 1. The van der Waals surface area contributed by atoms with Crippen LogP contribution in [0.2, 0.25) is 0 Å². The van der Waals surface area contributed by atoms with Gasteiger partial charge >= 0.3 is 0 Å². The van der Waals surface area contributed by atoms with Crippen LogP contribution in [0.1, 0.15) is 6.42 Å². The zero-order chi connectivity index (χ0) is 13.4. The summed E-state index contributed by atoms with van der Waals surface area (Å²) in [5, 5.41) is 3.12. The van der Waals surface area contributed by atoms with Gasteiger partial charge in [-0.15, -0.1) is 0 Å². The first-order valence-corrected chi connectivity index (χ1v) is 8.19. The highest BCUT2D eigenvalue weighted by atomic mass is 79.9. The van der Waals surface area contributed by atoms with Gasteiger partial charge in [0, 0.05) is 18.1 Å². The van der Waals surface area contributed by atoms with Gasteiger partial charge in [-0.3, -0.25) is 0 Å². The number of nitrogens with one attached hydrogen (secondary N) is 1. The van der Waals surface area contributed by atoms with E-state index in [0.29, 0.717) is 28.9 Å². The zero-order valence-electron chi connectivity index (χ0n) is 10.4. The van der Waals surface area contributed by atoms with Crippen LogP contribution in [0.4, 0.5) is 0 Å². The third-order valence-electron chi connectivity index (χ3n) is 2.42. The molecule has 0 bridgehead atoms. The van der Waals surface area contributed by atoms with E-state index in [2.05, 4.69) is 21.2 Å².